The number of carbonyl (C=O) groups is 2. The molecule has 1 aliphatic heterocycles. The summed E-state index contributed by atoms with van der Waals surface area (Å²) < 4.78 is 0. The zero-order valence-electron chi connectivity index (χ0n) is 12.7. The van der Waals surface area contributed by atoms with Gasteiger partial charge in [0.15, 0.2) is 0 Å². The van der Waals surface area contributed by atoms with Crippen molar-refractivity contribution in [2.75, 3.05) is 19.6 Å². The highest BCUT2D eigenvalue weighted by molar-refractivity contribution is 7.09. The van der Waals surface area contributed by atoms with Gasteiger partial charge in [-0.1, -0.05) is 6.92 Å². The SMILES string of the molecule is CCC(=O)NCCc1csc(C2CCCN(C(C)=O)C2)n1. The fraction of sp³-hybridized carbons (Fsp3) is 0.667. The largest absolute Gasteiger partial charge is 0.356 e. The maximum atomic E-state index is 11.5. The van der Waals surface area contributed by atoms with Crippen LogP contribution in [0, 0.1) is 0 Å². The minimum atomic E-state index is 0.0785. The molecule has 2 heterocycles. The first-order chi connectivity index (χ1) is 10.1. The van der Waals surface area contributed by atoms with Gasteiger partial charge >= 0.3 is 0 Å². The van der Waals surface area contributed by atoms with Crippen molar-refractivity contribution in [2.45, 2.75) is 45.4 Å². The van der Waals surface area contributed by atoms with E-state index in [0.717, 1.165) is 43.1 Å². The van der Waals surface area contributed by atoms with Crippen molar-refractivity contribution in [3.63, 3.8) is 0 Å². The second kappa shape index (κ2) is 7.54. The Morgan fingerprint density at radius 2 is 2.33 bits per heavy atom. The van der Waals surface area contributed by atoms with Crippen LogP contribution >= 0.6 is 11.3 Å². The minimum Gasteiger partial charge on any atom is -0.356 e. The highest BCUT2D eigenvalue weighted by Gasteiger charge is 2.24. The molecule has 0 radical (unpaired) electrons. The summed E-state index contributed by atoms with van der Waals surface area (Å²) in [4.78, 5) is 29.3. The van der Waals surface area contributed by atoms with Crippen molar-refractivity contribution in [2.24, 2.45) is 0 Å². The Hall–Kier alpha value is -1.43. The van der Waals surface area contributed by atoms with E-state index in [1.54, 1.807) is 18.3 Å². The number of hydrogen-bond acceptors (Lipinski definition) is 4. The van der Waals surface area contributed by atoms with E-state index in [2.05, 4.69) is 15.7 Å². The molecule has 116 valence electrons. The van der Waals surface area contributed by atoms with Gasteiger partial charge in [0.05, 0.1) is 10.7 Å². The first-order valence-corrected chi connectivity index (χ1v) is 8.44. The Balaban J connectivity index is 1.87. The van der Waals surface area contributed by atoms with Crippen LogP contribution in [0.15, 0.2) is 5.38 Å². The van der Waals surface area contributed by atoms with Gasteiger partial charge in [0.25, 0.3) is 0 Å². The van der Waals surface area contributed by atoms with Gasteiger partial charge in [-0.05, 0) is 12.8 Å². The summed E-state index contributed by atoms with van der Waals surface area (Å²) in [5.41, 5.74) is 1.03. The number of carbonyl (C=O) groups excluding carboxylic acids is 2. The molecule has 1 fully saturated rings. The van der Waals surface area contributed by atoms with Crippen LogP contribution < -0.4 is 5.32 Å². The number of nitrogens with one attached hydrogen (secondary N) is 1. The molecule has 0 aromatic carbocycles. The second-order valence-corrected chi connectivity index (χ2v) is 6.32. The van der Waals surface area contributed by atoms with Gasteiger partial charge in [0.2, 0.25) is 11.8 Å². The summed E-state index contributed by atoms with van der Waals surface area (Å²) in [6.45, 7) is 5.77. The van der Waals surface area contributed by atoms with Crippen LogP contribution in [0.4, 0.5) is 0 Å². The number of amides is 2. The summed E-state index contributed by atoms with van der Waals surface area (Å²) in [6, 6.07) is 0. The van der Waals surface area contributed by atoms with Crippen molar-refractivity contribution >= 4 is 23.2 Å². The average molecular weight is 309 g/mol. The lowest BCUT2D eigenvalue weighted by atomic mass is 9.99. The molecule has 1 aliphatic rings. The van der Waals surface area contributed by atoms with Crippen LogP contribution in [0.3, 0.4) is 0 Å². The molecule has 21 heavy (non-hydrogen) atoms. The van der Waals surface area contributed by atoms with E-state index in [0.29, 0.717) is 18.9 Å². The zero-order valence-corrected chi connectivity index (χ0v) is 13.5. The first-order valence-electron chi connectivity index (χ1n) is 7.56. The summed E-state index contributed by atoms with van der Waals surface area (Å²) in [7, 11) is 0. The molecule has 0 bridgehead atoms. The second-order valence-electron chi connectivity index (χ2n) is 5.43. The molecule has 2 amide bonds. The van der Waals surface area contributed by atoms with Gasteiger partial charge in [-0.25, -0.2) is 4.98 Å². The number of likely N-dealkylation sites (tertiary alicyclic amines) is 1. The van der Waals surface area contributed by atoms with Crippen LogP contribution in [0.5, 0.6) is 0 Å². The highest BCUT2D eigenvalue weighted by Crippen LogP contribution is 2.29. The summed E-state index contributed by atoms with van der Waals surface area (Å²) in [5, 5.41) is 6.06. The monoisotopic (exact) mass is 309 g/mol. The maximum Gasteiger partial charge on any atom is 0.219 e. The van der Waals surface area contributed by atoms with Crippen molar-refractivity contribution in [3.05, 3.63) is 16.1 Å². The van der Waals surface area contributed by atoms with E-state index in [9.17, 15) is 9.59 Å². The molecule has 1 aromatic rings. The van der Waals surface area contributed by atoms with Crippen LogP contribution in [0.1, 0.15) is 49.7 Å². The molecule has 1 atom stereocenters. The summed E-state index contributed by atoms with van der Waals surface area (Å²) >= 11 is 1.67. The van der Waals surface area contributed by atoms with Crippen LogP contribution in [0.25, 0.3) is 0 Å². The van der Waals surface area contributed by atoms with Crippen LogP contribution in [-0.2, 0) is 16.0 Å². The van der Waals surface area contributed by atoms with Gasteiger partial charge in [-0.2, -0.15) is 0 Å². The Bertz CT molecular complexity index is 501. The molecule has 1 unspecified atom stereocenters. The van der Waals surface area contributed by atoms with Crippen molar-refractivity contribution in [1.82, 2.24) is 15.2 Å². The van der Waals surface area contributed by atoms with Gasteiger partial charge in [-0.15, -0.1) is 11.3 Å². The van der Waals surface area contributed by atoms with Crippen LogP contribution in [-0.4, -0.2) is 41.3 Å². The van der Waals surface area contributed by atoms with E-state index in [1.807, 2.05) is 11.8 Å². The van der Waals surface area contributed by atoms with E-state index in [-0.39, 0.29) is 11.8 Å². The third-order valence-corrected chi connectivity index (χ3v) is 4.87. The number of piperidine rings is 1. The molecule has 0 spiro atoms. The third-order valence-electron chi connectivity index (χ3n) is 3.81. The average Bonchev–Trinajstić information content (AvgIpc) is 2.96. The number of thiazole rings is 1. The maximum absolute atomic E-state index is 11.5. The molecular weight excluding hydrogens is 286 g/mol. The lowest BCUT2D eigenvalue weighted by Crippen LogP contribution is -2.37. The molecule has 2 rings (SSSR count). The summed E-state index contributed by atoms with van der Waals surface area (Å²) in [5.74, 6) is 0.597. The quantitative estimate of drug-likeness (QED) is 0.904. The third kappa shape index (κ3) is 4.52. The van der Waals surface area contributed by atoms with Crippen molar-refractivity contribution < 1.29 is 9.59 Å². The lowest BCUT2D eigenvalue weighted by molar-refractivity contribution is -0.130. The van der Waals surface area contributed by atoms with E-state index >= 15 is 0 Å². The highest BCUT2D eigenvalue weighted by atomic mass is 32.1. The Kier molecular flexibility index (Phi) is 5.73. The fourth-order valence-electron chi connectivity index (χ4n) is 2.54. The number of nitrogens with zero attached hydrogens (tertiary/aromatic N) is 2. The molecule has 0 aliphatic carbocycles. The van der Waals surface area contributed by atoms with E-state index in [1.165, 1.54) is 0 Å². The van der Waals surface area contributed by atoms with Crippen LogP contribution in [0.2, 0.25) is 0 Å². The molecule has 1 saturated heterocycles. The molecule has 0 saturated carbocycles. The standard InChI is InChI=1S/C15H23N3O2S/c1-3-14(20)16-7-6-13-10-21-15(17-13)12-5-4-8-18(9-12)11(2)19/h10,12H,3-9H2,1-2H3,(H,16,20). The van der Waals surface area contributed by atoms with Gasteiger partial charge in [0, 0.05) is 50.7 Å². The Morgan fingerprint density at radius 1 is 1.52 bits per heavy atom. The smallest absolute Gasteiger partial charge is 0.219 e. The first kappa shape index (κ1) is 15.9. The molecular formula is C15H23N3O2S. The number of hydrogen-bond donors (Lipinski definition) is 1. The lowest BCUT2D eigenvalue weighted by Gasteiger charge is -2.30. The van der Waals surface area contributed by atoms with Crippen molar-refractivity contribution in [3.8, 4) is 0 Å². The fourth-order valence-corrected chi connectivity index (χ4v) is 3.53. The molecule has 1 aromatic heterocycles. The predicted octanol–water partition coefficient (Wildman–Crippen LogP) is 1.94. The Labute approximate surface area is 129 Å². The van der Waals surface area contributed by atoms with Gasteiger partial charge in [0.1, 0.15) is 0 Å². The van der Waals surface area contributed by atoms with Gasteiger partial charge < -0.3 is 10.2 Å². The van der Waals surface area contributed by atoms with E-state index < -0.39 is 0 Å². The van der Waals surface area contributed by atoms with Crippen molar-refractivity contribution in [1.29, 1.82) is 0 Å². The molecule has 6 heteroatoms. The van der Waals surface area contributed by atoms with E-state index in [4.69, 9.17) is 0 Å². The Morgan fingerprint density at radius 3 is 3.05 bits per heavy atom. The predicted molar refractivity (Wildman–Crippen MR) is 83.3 cm³/mol. The zero-order chi connectivity index (χ0) is 15.2. The van der Waals surface area contributed by atoms with Gasteiger partial charge in [-0.3, -0.25) is 9.59 Å². The molecule has 5 nitrogen and oxygen atoms in total. The number of rotatable bonds is 5. The normalized spacial score (nSPS) is 18.6. The number of aromatic nitrogens is 1. The summed E-state index contributed by atoms with van der Waals surface area (Å²) in [6.07, 6.45) is 3.44. The molecule has 1 N–H and O–H groups in total. The minimum absolute atomic E-state index is 0.0785. The topological polar surface area (TPSA) is 62.3 Å².